The lowest BCUT2D eigenvalue weighted by molar-refractivity contribution is -0.137. The van der Waals surface area contributed by atoms with Crippen molar-refractivity contribution >= 4 is 33.2 Å². The number of para-hydroxylation sites is 1. The van der Waals surface area contributed by atoms with Gasteiger partial charge in [0.25, 0.3) is 10.1 Å². The minimum Gasteiger partial charge on any atom is -0.481 e. The molecule has 0 unspecified atom stereocenters. The normalized spacial score (nSPS) is 18.6. The summed E-state index contributed by atoms with van der Waals surface area (Å²) in [5, 5.41) is 8.92. The molecule has 0 aromatic heterocycles. The van der Waals surface area contributed by atoms with E-state index in [0.717, 1.165) is 30.7 Å². The molecule has 0 fully saturated rings. The molecular weight excluding hydrogens is 512 g/mol. The highest BCUT2D eigenvalue weighted by Gasteiger charge is 2.39. The van der Waals surface area contributed by atoms with Gasteiger partial charge in [-0.1, -0.05) is 70.5 Å². The van der Waals surface area contributed by atoms with Crippen LogP contribution in [0.2, 0.25) is 0 Å². The van der Waals surface area contributed by atoms with E-state index >= 15 is 0 Å². The molecule has 0 atom stereocenters. The van der Waals surface area contributed by atoms with Crippen molar-refractivity contribution < 1.29 is 22.9 Å². The number of carboxylic acid groups (broad SMARTS) is 1. The van der Waals surface area contributed by atoms with Gasteiger partial charge in [0, 0.05) is 35.2 Å². The van der Waals surface area contributed by atoms with Gasteiger partial charge in [-0.15, -0.1) is 0 Å². The minimum atomic E-state index is -4.29. The van der Waals surface area contributed by atoms with Gasteiger partial charge in [0.15, 0.2) is 0 Å². The summed E-state index contributed by atoms with van der Waals surface area (Å²) in [4.78, 5) is 17.7. The Hall–Kier alpha value is -3.49. The second kappa shape index (κ2) is 10.9. The molecule has 8 heteroatoms. The molecule has 206 valence electrons. The number of carbonyl (C=O) groups is 1. The number of hydrogen-bond donors (Lipinski definition) is 2. The number of aliphatic imine (C=N–C) groups is 1. The van der Waals surface area contributed by atoms with Crippen LogP contribution in [0.5, 0.6) is 0 Å². The van der Waals surface area contributed by atoms with Crippen molar-refractivity contribution in [1.82, 2.24) is 0 Å². The molecule has 0 amide bonds. The van der Waals surface area contributed by atoms with Gasteiger partial charge in [-0.05, 0) is 60.4 Å². The van der Waals surface area contributed by atoms with Gasteiger partial charge < -0.3 is 10.0 Å². The van der Waals surface area contributed by atoms with Crippen molar-refractivity contribution in [2.45, 2.75) is 69.1 Å². The molecule has 0 bridgehead atoms. The summed E-state index contributed by atoms with van der Waals surface area (Å²) in [6, 6.07) is 12.9. The average molecular weight is 549 g/mol. The number of fused-ring (bicyclic) bond motifs is 2. The van der Waals surface area contributed by atoms with Gasteiger partial charge in [0.05, 0.1) is 16.3 Å². The predicted molar refractivity (Wildman–Crippen MR) is 156 cm³/mol. The van der Waals surface area contributed by atoms with Gasteiger partial charge >= 0.3 is 5.97 Å². The van der Waals surface area contributed by atoms with E-state index in [0.29, 0.717) is 12.1 Å². The highest BCUT2D eigenvalue weighted by atomic mass is 32.2. The first-order chi connectivity index (χ1) is 18.3. The Labute approximate surface area is 231 Å². The van der Waals surface area contributed by atoms with Crippen LogP contribution in [-0.2, 0) is 25.7 Å². The highest BCUT2D eigenvalue weighted by molar-refractivity contribution is 7.85. The van der Waals surface area contributed by atoms with Gasteiger partial charge in [-0.2, -0.15) is 8.42 Å². The molecule has 2 N–H and O–H groups in total. The Morgan fingerprint density at radius 2 is 1.69 bits per heavy atom. The summed E-state index contributed by atoms with van der Waals surface area (Å²) in [5.41, 5.74) is 5.24. The molecule has 2 aromatic rings. The summed E-state index contributed by atoms with van der Waals surface area (Å²) < 4.78 is 32.6. The molecule has 39 heavy (non-hydrogen) atoms. The zero-order chi connectivity index (χ0) is 28.4. The predicted octanol–water partition coefficient (Wildman–Crippen LogP) is 6.74. The largest absolute Gasteiger partial charge is 0.481 e. The van der Waals surface area contributed by atoms with Crippen LogP contribution in [0.1, 0.15) is 64.5 Å². The second-order valence-electron chi connectivity index (χ2n) is 11.1. The molecule has 2 aromatic carbocycles. The maximum atomic E-state index is 11.6. The summed E-state index contributed by atoms with van der Waals surface area (Å²) >= 11 is 0. The zero-order valence-corrected chi connectivity index (χ0v) is 23.7. The van der Waals surface area contributed by atoms with Crippen LogP contribution in [0.25, 0.3) is 0 Å². The number of aliphatic carboxylic acids is 1. The van der Waals surface area contributed by atoms with Crippen molar-refractivity contribution in [2.24, 2.45) is 4.99 Å². The van der Waals surface area contributed by atoms with Gasteiger partial charge in [0.1, 0.15) is 0 Å². The fourth-order valence-corrected chi connectivity index (χ4v) is 5.90. The van der Waals surface area contributed by atoms with E-state index in [4.69, 9.17) is 5.11 Å². The van der Waals surface area contributed by atoms with E-state index in [1.54, 1.807) is 6.07 Å². The van der Waals surface area contributed by atoms with E-state index in [1.807, 2.05) is 38.2 Å². The molecule has 0 radical (unpaired) electrons. The van der Waals surface area contributed by atoms with Crippen molar-refractivity contribution in [3.8, 4) is 0 Å². The second-order valence-corrected chi connectivity index (χ2v) is 12.5. The quantitative estimate of drug-likeness (QED) is 0.194. The maximum Gasteiger partial charge on any atom is 0.303 e. The van der Waals surface area contributed by atoms with E-state index < -0.39 is 21.5 Å². The fraction of sp³-hybridized carbons (Fsp3) is 0.355. The van der Waals surface area contributed by atoms with Crippen molar-refractivity contribution in [3.05, 3.63) is 89.7 Å². The summed E-state index contributed by atoms with van der Waals surface area (Å²) in [6.07, 6.45) is 12.6. The van der Waals surface area contributed by atoms with Crippen LogP contribution >= 0.6 is 0 Å². The van der Waals surface area contributed by atoms with Crippen LogP contribution in [0.15, 0.2) is 88.4 Å². The molecule has 0 spiro atoms. The van der Waals surface area contributed by atoms with Crippen molar-refractivity contribution in [1.29, 1.82) is 0 Å². The van der Waals surface area contributed by atoms with Crippen molar-refractivity contribution in [2.75, 3.05) is 11.4 Å². The molecule has 0 saturated heterocycles. The summed E-state index contributed by atoms with van der Waals surface area (Å²) in [6.45, 7) is 9.23. The number of allylic oxidation sites excluding steroid dienone is 6. The Morgan fingerprint density at radius 3 is 2.41 bits per heavy atom. The number of anilines is 1. The lowest BCUT2D eigenvalue weighted by atomic mass is 9.81. The lowest BCUT2D eigenvalue weighted by Gasteiger charge is -2.27. The van der Waals surface area contributed by atoms with Gasteiger partial charge in [-0.25, -0.2) is 0 Å². The summed E-state index contributed by atoms with van der Waals surface area (Å²) in [5.74, 6) is -0.750. The minimum absolute atomic E-state index is 0.132. The van der Waals surface area contributed by atoms with Crippen LogP contribution in [0.3, 0.4) is 0 Å². The Kier molecular flexibility index (Phi) is 8.00. The number of nitrogens with zero attached hydrogens (tertiary/aromatic N) is 2. The van der Waals surface area contributed by atoms with E-state index in [-0.39, 0.29) is 16.7 Å². The zero-order valence-electron chi connectivity index (χ0n) is 22.9. The number of hydrogen-bond acceptors (Lipinski definition) is 5. The Morgan fingerprint density at radius 1 is 0.949 bits per heavy atom. The molecule has 0 aliphatic carbocycles. The number of rotatable bonds is 10. The first-order valence-corrected chi connectivity index (χ1v) is 14.6. The topological polar surface area (TPSA) is 107 Å². The van der Waals surface area contributed by atoms with Crippen LogP contribution in [0, 0.1) is 0 Å². The fourth-order valence-electron chi connectivity index (χ4n) is 5.39. The molecule has 0 saturated carbocycles. The van der Waals surface area contributed by atoms with Crippen LogP contribution in [0.4, 0.5) is 11.4 Å². The number of unbranched alkanes of at least 4 members (excludes halogenated alkanes) is 2. The Bertz CT molecular complexity index is 1500. The lowest BCUT2D eigenvalue weighted by Crippen LogP contribution is -2.27. The van der Waals surface area contributed by atoms with E-state index in [2.05, 4.69) is 54.1 Å². The molecule has 2 heterocycles. The molecular formula is C31H36N2O5S. The number of carboxylic acids is 1. The van der Waals surface area contributed by atoms with Crippen LogP contribution < -0.4 is 4.90 Å². The first kappa shape index (κ1) is 28.5. The summed E-state index contributed by atoms with van der Waals surface area (Å²) in [7, 11) is -4.29. The molecule has 2 aliphatic heterocycles. The maximum absolute atomic E-state index is 11.6. The SMILES string of the molecule is CC1(C)C(/C=C/C=C/C=C2/N(CCCCCC(=O)O)c3ccccc3C2(C)C)=Nc2ccc(S(=O)(=O)O)cc21. The van der Waals surface area contributed by atoms with Crippen LogP contribution in [-0.4, -0.2) is 36.3 Å². The van der Waals surface area contributed by atoms with Gasteiger partial charge in [0.2, 0.25) is 0 Å². The third-order valence-electron chi connectivity index (χ3n) is 7.62. The Balaban J connectivity index is 1.50. The third-order valence-corrected chi connectivity index (χ3v) is 8.47. The molecule has 7 nitrogen and oxygen atoms in total. The van der Waals surface area contributed by atoms with E-state index in [9.17, 15) is 17.8 Å². The van der Waals surface area contributed by atoms with E-state index in [1.165, 1.54) is 29.1 Å². The number of benzene rings is 2. The van der Waals surface area contributed by atoms with Crippen molar-refractivity contribution in [3.63, 3.8) is 0 Å². The smallest absolute Gasteiger partial charge is 0.303 e. The van der Waals surface area contributed by atoms with Gasteiger partial charge in [-0.3, -0.25) is 14.3 Å². The standard InChI is InChI=1S/C31H36N2O5S/c1-30(2)24-21-22(39(36,37)38)18-19-25(24)32-27(30)15-7-5-8-16-28-31(3,4)23-13-10-11-14-26(23)33(28)20-12-6-9-17-29(34)35/h5,7-8,10-11,13-16,18-19,21H,6,9,12,17,20H2,1-4H3,(H,34,35)(H,36,37,38)/b8-5+,15-7+,28-16+. The molecule has 4 rings (SSSR count). The average Bonchev–Trinajstić information content (AvgIpc) is 3.24. The highest BCUT2D eigenvalue weighted by Crippen LogP contribution is 2.47. The molecule has 2 aliphatic rings. The first-order valence-electron chi connectivity index (χ1n) is 13.2. The third kappa shape index (κ3) is 5.92. The monoisotopic (exact) mass is 548 g/mol.